The highest BCUT2D eigenvalue weighted by molar-refractivity contribution is 7.99. The summed E-state index contributed by atoms with van der Waals surface area (Å²) in [6.07, 6.45) is 2.37. The molecule has 2 nitrogen and oxygen atoms in total. The van der Waals surface area contributed by atoms with Gasteiger partial charge in [-0.05, 0) is 24.6 Å². The zero-order chi connectivity index (χ0) is 13.9. The first kappa shape index (κ1) is 15.3. The van der Waals surface area contributed by atoms with E-state index < -0.39 is 0 Å². The lowest BCUT2D eigenvalue weighted by Gasteiger charge is -2.19. The summed E-state index contributed by atoms with van der Waals surface area (Å²) in [6.45, 7) is 10.1. The van der Waals surface area contributed by atoms with Crippen LogP contribution in [-0.4, -0.2) is 29.1 Å². The number of thioether (sulfide) groups is 1. The number of thiazole rings is 1. The average Bonchev–Trinajstić information content (AvgIpc) is 2.95. The Morgan fingerprint density at radius 1 is 1.37 bits per heavy atom. The van der Waals surface area contributed by atoms with Gasteiger partial charge in [0, 0.05) is 29.0 Å². The van der Waals surface area contributed by atoms with E-state index in [0.29, 0.717) is 6.04 Å². The first-order valence-corrected chi connectivity index (χ1v) is 9.30. The van der Waals surface area contributed by atoms with Gasteiger partial charge in [-0.15, -0.1) is 11.3 Å². The zero-order valence-corrected chi connectivity index (χ0v) is 14.2. The molecule has 0 radical (unpaired) electrons. The molecule has 1 aliphatic heterocycles. The Kier molecular flexibility index (Phi) is 5.32. The van der Waals surface area contributed by atoms with Crippen molar-refractivity contribution in [1.82, 2.24) is 10.3 Å². The van der Waals surface area contributed by atoms with Gasteiger partial charge in [0.1, 0.15) is 0 Å². The van der Waals surface area contributed by atoms with E-state index in [1.54, 1.807) is 0 Å². The third-order valence-electron chi connectivity index (χ3n) is 3.61. The highest BCUT2D eigenvalue weighted by atomic mass is 32.2. The molecular weight excluding hydrogens is 272 g/mol. The van der Waals surface area contributed by atoms with E-state index in [1.165, 1.54) is 28.6 Å². The third-order valence-corrected chi connectivity index (χ3v) is 5.74. The Labute approximate surface area is 125 Å². The Morgan fingerprint density at radius 3 is 2.79 bits per heavy atom. The molecule has 2 atom stereocenters. The quantitative estimate of drug-likeness (QED) is 0.897. The normalized spacial score (nSPS) is 24.0. The van der Waals surface area contributed by atoms with Gasteiger partial charge in [-0.1, -0.05) is 27.7 Å². The molecule has 1 aromatic heterocycles. The standard InChI is InChI=1S/C15H26N2S2/c1-5-6-16-12-9-18-8-11(12)7-14-17-13(10-19-14)15(2,3)4/h10-12,16H,5-9H2,1-4H3. The summed E-state index contributed by atoms with van der Waals surface area (Å²) in [5.74, 6) is 3.31. The molecule has 0 amide bonds. The van der Waals surface area contributed by atoms with Crippen LogP contribution >= 0.6 is 23.1 Å². The second kappa shape index (κ2) is 6.59. The number of hydrogen-bond acceptors (Lipinski definition) is 4. The van der Waals surface area contributed by atoms with Gasteiger partial charge in [-0.3, -0.25) is 0 Å². The predicted molar refractivity (Wildman–Crippen MR) is 87.4 cm³/mol. The summed E-state index contributed by atoms with van der Waals surface area (Å²) >= 11 is 3.93. The van der Waals surface area contributed by atoms with E-state index in [0.717, 1.165) is 18.9 Å². The molecule has 0 aliphatic carbocycles. The molecule has 1 saturated heterocycles. The largest absolute Gasteiger partial charge is 0.313 e. The molecule has 2 unspecified atom stereocenters. The van der Waals surface area contributed by atoms with Crippen molar-refractivity contribution in [1.29, 1.82) is 0 Å². The number of nitrogens with one attached hydrogen (secondary N) is 1. The highest BCUT2D eigenvalue weighted by Gasteiger charge is 2.28. The summed E-state index contributed by atoms with van der Waals surface area (Å²) in [4.78, 5) is 4.84. The van der Waals surface area contributed by atoms with Crippen molar-refractivity contribution in [2.75, 3.05) is 18.1 Å². The molecule has 1 aromatic rings. The fourth-order valence-electron chi connectivity index (χ4n) is 2.33. The lowest BCUT2D eigenvalue weighted by atomic mass is 9.93. The van der Waals surface area contributed by atoms with Crippen LogP contribution in [0.4, 0.5) is 0 Å². The Bertz CT molecular complexity index is 395. The number of aromatic nitrogens is 1. The maximum Gasteiger partial charge on any atom is 0.0932 e. The molecule has 108 valence electrons. The highest BCUT2D eigenvalue weighted by Crippen LogP contribution is 2.30. The fourth-order valence-corrected chi connectivity index (χ4v) is 4.88. The molecular formula is C15H26N2S2. The molecule has 0 saturated carbocycles. The molecule has 1 fully saturated rings. The molecule has 0 aromatic carbocycles. The maximum absolute atomic E-state index is 4.84. The van der Waals surface area contributed by atoms with Crippen LogP contribution in [0.2, 0.25) is 0 Å². The Hall–Kier alpha value is -0.0600. The smallest absolute Gasteiger partial charge is 0.0932 e. The van der Waals surface area contributed by atoms with Crippen LogP contribution in [0.25, 0.3) is 0 Å². The summed E-state index contributed by atoms with van der Waals surface area (Å²) in [7, 11) is 0. The molecule has 1 N–H and O–H groups in total. The van der Waals surface area contributed by atoms with Crippen molar-refractivity contribution in [2.24, 2.45) is 5.92 Å². The van der Waals surface area contributed by atoms with Crippen molar-refractivity contribution in [3.05, 3.63) is 16.1 Å². The predicted octanol–water partition coefficient (Wildman–Crippen LogP) is 3.71. The molecule has 19 heavy (non-hydrogen) atoms. The monoisotopic (exact) mass is 298 g/mol. The van der Waals surface area contributed by atoms with Crippen molar-refractivity contribution in [3.63, 3.8) is 0 Å². The maximum atomic E-state index is 4.84. The van der Waals surface area contributed by atoms with Gasteiger partial charge in [-0.25, -0.2) is 4.98 Å². The Balaban J connectivity index is 1.94. The average molecular weight is 299 g/mol. The van der Waals surface area contributed by atoms with Gasteiger partial charge in [-0.2, -0.15) is 11.8 Å². The number of nitrogens with zero attached hydrogens (tertiary/aromatic N) is 1. The first-order valence-electron chi connectivity index (χ1n) is 7.26. The van der Waals surface area contributed by atoms with Gasteiger partial charge in [0.2, 0.25) is 0 Å². The molecule has 4 heteroatoms. The van der Waals surface area contributed by atoms with Crippen LogP contribution in [0.3, 0.4) is 0 Å². The van der Waals surface area contributed by atoms with E-state index in [-0.39, 0.29) is 5.41 Å². The molecule has 1 aliphatic rings. The van der Waals surface area contributed by atoms with Gasteiger partial charge >= 0.3 is 0 Å². The molecule has 0 bridgehead atoms. The lowest BCUT2D eigenvalue weighted by Crippen LogP contribution is -2.36. The van der Waals surface area contributed by atoms with Crippen molar-refractivity contribution < 1.29 is 0 Å². The van der Waals surface area contributed by atoms with Crippen LogP contribution in [0.5, 0.6) is 0 Å². The lowest BCUT2D eigenvalue weighted by molar-refractivity contribution is 0.424. The van der Waals surface area contributed by atoms with Gasteiger partial charge in [0.25, 0.3) is 0 Å². The third kappa shape index (κ3) is 4.20. The summed E-state index contributed by atoms with van der Waals surface area (Å²) in [6, 6.07) is 0.687. The Morgan fingerprint density at radius 2 is 2.16 bits per heavy atom. The van der Waals surface area contributed by atoms with Gasteiger partial charge < -0.3 is 5.32 Å². The summed E-state index contributed by atoms with van der Waals surface area (Å²) in [5.41, 5.74) is 1.43. The summed E-state index contributed by atoms with van der Waals surface area (Å²) in [5, 5.41) is 7.26. The number of rotatable bonds is 5. The van der Waals surface area contributed by atoms with E-state index in [4.69, 9.17) is 4.98 Å². The zero-order valence-electron chi connectivity index (χ0n) is 12.5. The van der Waals surface area contributed by atoms with E-state index >= 15 is 0 Å². The molecule has 2 rings (SSSR count). The molecule has 0 spiro atoms. The van der Waals surface area contributed by atoms with Crippen LogP contribution in [-0.2, 0) is 11.8 Å². The second-order valence-corrected chi connectivity index (χ2v) is 8.46. The minimum atomic E-state index is 0.180. The topological polar surface area (TPSA) is 24.9 Å². The SMILES string of the molecule is CCCNC1CSCC1Cc1nc(C(C)(C)C)cs1. The number of hydrogen-bond donors (Lipinski definition) is 1. The van der Waals surface area contributed by atoms with Gasteiger partial charge in [0.05, 0.1) is 10.7 Å². The van der Waals surface area contributed by atoms with E-state index in [1.807, 2.05) is 11.3 Å². The van der Waals surface area contributed by atoms with Gasteiger partial charge in [0.15, 0.2) is 0 Å². The summed E-state index contributed by atoms with van der Waals surface area (Å²) < 4.78 is 0. The first-order chi connectivity index (χ1) is 9.00. The van der Waals surface area contributed by atoms with Crippen LogP contribution in [0.1, 0.15) is 44.8 Å². The van der Waals surface area contributed by atoms with Crippen molar-refractivity contribution in [2.45, 2.75) is 52.0 Å². The van der Waals surface area contributed by atoms with E-state index in [9.17, 15) is 0 Å². The van der Waals surface area contributed by atoms with Crippen molar-refractivity contribution >= 4 is 23.1 Å². The van der Waals surface area contributed by atoms with E-state index in [2.05, 4.69) is 50.2 Å². The minimum Gasteiger partial charge on any atom is -0.313 e. The fraction of sp³-hybridized carbons (Fsp3) is 0.800. The van der Waals surface area contributed by atoms with Crippen LogP contribution in [0, 0.1) is 5.92 Å². The van der Waals surface area contributed by atoms with Crippen LogP contribution < -0.4 is 5.32 Å². The van der Waals surface area contributed by atoms with Crippen LogP contribution in [0.15, 0.2) is 5.38 Å². The second-order valence-electron chi connectivity index (χ2n) is 6.44. The van der Waals surface area contributed by atoms with Crippen molar-refractivity contribution in [3.8, 4) is 0 Å². The minimum absolute atomic E-state index is 0.180. The molecule has 2 heterocycles.